The maximum Gasteiger partial charge on any atom is 0.189 e. The van der Waals surface area contributed by atoms with E-state index in [1.165, 1.54) is 11.1 Å². The summed E-state index contributed by atoms with van der Waals surface area (Å²) in [4.78, 5) is 29.1. The molecule has 2 fully saturated rings. The number of benzene rings is 6. The van der Waals surface area contributed by atoms with Crippen molar-refractivity contribution in [1.29, 1.82) is 0 Å². The predicted molar refractivity (Wildman–Crippen MR) is 330 cm³/mol. The first-order valence-electron chi connectivity index (χ1n) is 30.1. The molecule has 2 aliphatic heterocycles. The zero-order chi connectivity index (χ0) is 61.1. The second kappa shape index (κ2) is 39.8. The van der Waals surface area contributed by atoms with E-state index in [9.17, 15) is 24.9 Å². The van der Waals surface area contributed by atoms with E-state index in [2.05, 4.69) is 84.6 Å². The van der Waals surface area contributed by atoms with E-state index in [4.69, 9.17) is 43.0 Å². The van der Waals surface area contributed by atoms with Gasteiger partial charge in [0.05, 0.1) is 90.4 Å². The molecule has 2 saturated heterocycles. The van der Waals surface area contributed by atoms with Crippen molar-refractivity contribution in [2.45, 2.75) is 122 Å². The van der Waals surface area contributed by atoms with Crippen molar-refractivity contribution in [3.63, 3.8) is 0 Å². The number of rotatable bonds is 33. The Bertz CT molecular complexity index is 2690. The highest BCUT2D eigenvalue weighted by Crippen LogP contribution is 2.30. The number of hydrogen-bond acceptors (Lipinski definition) is 16. The van der Waals surface area contributed by atoms with Crippen LogP contribution >= 0.6 is 0 Å². The lowest BCUT2D eigenvalue weighted by Crippen LogP contribution is -2.62. The third-order valence-corrected chi connectivity index (χ3v) is 15.2. The Kier molecular flexibility index (Phi) is 32.0. The monoisotopic (exact) mass is 1180 g/mol. The maximum atomic E-state index is 13.2. The van der Waals surface area contributed by atoms with Crippen LogP contribution in [0.4, 0.5) is 0 Å². The Balaban J connectivity index is 0.000000222. The molecule has 0 radical (unpaired) electrons. The fraction of sp³-hybridized carbons (Fsp3) is 0.457. The molecule has 4 N–H and O–H groups in total. The zero-order valence-corrected chi connectivity index (χ0v) is 50.5. The zero-order valence-electron chi connectivity index (χ0n) is 50.5. The van der Waals surface area contributed by atoms with Crippen LogP contribution in [0, 0.1) is 11.8 Å². The Morgan fingerprint density at radius 3 is 1.37 bits per heavy atom. The molecule has 0 saturated carbocycles. The van der Waals surface area contributed by atoms with Crippen LogP contribution in [0.2, 0.25) is 0 Å². The Morgan fingerprint density at radius 2 is 0.930 bits per heavy atom. The third kappa shape index (κ3) is 23.7. The van der Waals surface area contributed by atoms with Gasteiger partial charge in [0.15, 0.2) is 5.78 Å². The normalized spacial score (nSPS) is 21.6. The van der Waals surface area contributed by atoms with Crippen LogP contribution in [-0.2, 0) is 87.1 Å². The van der Waals surface area contributed by atoms with Gasteiger partial charge >= 0.3 is 0 Å². The fourth-order valence-corrected chi connectivity index (χ4v) is 10.4. The van der Waals surface area contributed by atoms with Gasteiger partial charge in [-0.2, -0.15) is 0 Å². The van der Waals surface area contributed by atoms with Crippen LogP contribution in [0.5, 0.6) is 0 Å². The van der Waals surface area contributed by atoms with Crippen LogP contribution in [0.3, 0.4) is 0 Å². The quantitative estimate of drug-likeness (QED) is 0.0227. The molecule has 0 spiro atoms. The molecule has 0 aromatic heterocycles. The number of aliphatic hydroxyl groups excluding tert-OH is 4. The van der Waals surface area contributed by atoms with Crippen molar-refractivity contribution in [1.82, 2.24) is 9.80 Å². The SMILES string of the molecule is CCOCCN1C[C@H](C)[C@@H](OCc2ccccc2)[C@H](OCc2ccccc2)[C@H]1COCc1ccccc1.CCOCCN1C[C@H](O)[C@@H](O)[C@H](O)[C@H]1CO.C[C@@H](C=O)[C@@H](OCc1ccccc1)[C@H](OCc1ccccc1)C(=O)COCc1ccccc1. The predicted octanol–water partition coefficient (Wildman–Crippen LogP) is 8.29. The highest BCUT2D eigenvalue weighted by Gasteiger charge is 2.44. The molecule has 2 aliphatic rings. The summed E-state index contributed by atoms with van der Waals surface area (Å²) in [5.41, 5.74) is 6.37. The second-order valence-corrected chi connectivity index (χ2v) is 21.7. The van der Waals surface area contributed by atoms with Gasteiger partial charge < -0.3 is 63.1 Å². The average Bonchev–Trinajstić information content (AvgIpc) is 2.28. The molecule has 86 heavy (non-hydrogen) atoms. The molecule has 0 amide bonds. The lowest BCUT2D eigenvalue weighted by atomic mass is 9.88. The van der Waals surface area contributed by atoms with Crippen molar-refractivity contribution in [2.75, 3.05) is 72.4 Å². The number of ether oxygens (including phenoxy) is 8. The minimum atomic E-state index is -1.19. The number of Topliss-reactive ketones (excluding diaryl/α,β-unsaturated/α-hetero) is 1. The lowest BCUT2D eigenvalue weighted by molar-refractivity contribution is -0.178. The van der Waals surface area contributed by atoms with Crippen LogP contribution in [0.1, 0.15) is 61.1 Å². The van der Waals surface area contributed by atoms with Crippen molar-refractivity contribution in [3.8, 4) is 0 Å². The van der Waals surface area contributed by atoms with Gasteiger partial charge in [0.1, 0.15) is 43.4 Å². The molecule has 0 aliphatic carbocycles. The second-order valence-electron chi connectivity index (χ2n) is 21.7. The highest BCUT2D eigenvalue weighted by molar-refractivity contribution is 5.85. The van der Waals surface area contributed by atoms with Crippen molar-refractivity contribution in [3.05, 3.63) is 215 Å². The van der Waals surface area contributed by atoms with E-state index >= 15 is 0 Å². The summed E-state index contributed by atoms with van der Waals surface area (Å²) >= 11 is 0. The molecule has 6 aromatic carbocycles. The number of aliphatic hydroxyl groups is 4. The van der Waals surface area contributed by atoms with E-state index in [-0.39, 0.29) is 57.0 Å². The van der Waals surface area contributed by atoms with E-state index in [0.29, 0.717) is 65.3 Å². The van der Waals surface area contributed by atoms with Gasteiger partial charge in [0, 0.05) is 45.3 Å². The van der Waals surface area contributed by atoms with Crippen molar-refractivity contribution >= 4 is 12.1 Å². The van der Waals surface area contributed by atoms with Gasteiger partial charge in [-0.1, -0.05) is 196 Å². The van der Waals surface area contributed by atoms with Crippen LogP contribution in [0.15, 0.2) is 182 Å². The number of ketones is 1. The summed E-state index contributed by atoms with van der Waals surface area (Å²) in [5.74, 6) is -0.488. The molecule has 16 nitrogen and oxygen atoms in total. The summed E-state index contributed by atoms with van der Waals surface area (Å²) in [6.45, 7) is 15.6. The molecule has 0 bridgehead atoms. The summed E-state index contributed by atoms with van der Waals surface area (Å²) in [6, 6.07) is 59.5. The standard InChI is InChI=1S/C32H41NO4.C28H30O5.C10H21NO5/c1-3-34-20-19-33-21-26(2)31(36-23-28-15-9-5-10-16-28)32(37-24-29-17-11-6-12-18-29)30(33)25-35-22-27-13-7-4-8-14-27;1-22(17-29)27(32-19-24-13-7-3-8-14-24)28(33-20-25-15-9-4-10-16-25)26(30)21-31-18-23-11-5-2-6-12-23;1-2-16-4-3-11-5-8(13)10(15)9(14)7(11)6-12/h4-18,26,30-32H,3,19-25H2,1-2H3;2-17,22,27-28H,18-21H2,1H3;7-10,12-15H,2-6H2,1H3/t26-,30+,31+,32+;22-,27+,28+;7-,8+,9-,10-/m001/s1. The van der Waals surface area contributed by atoms with E-state index in [1.54, 1.807) is 11.8 Å². The number of aldehydes is 1. The van der Waals surface area contributed by atoms with E-state index in [1.807, 2.05) is 123 Å². The summed E-state index contributed by atoms with van der Waals surface area (Å²) in [7, 11) is 0. The molecule has 6 aromatic rings. The number of β-amino-alcohol motifs (C(OH)–C–C–N with tert-alkyl or cyclic N) is 1. The minimum absolute atomic E-state index is 0.0439. The number of carbonyl (C=O) groups is 2. The first-order chi connectivity index (χ1) is 42.0. The largest absolute Gasteiger partial charge is 0.395 e. The van der Waals surface area contributed by atoms with Gasteiger partial charge in [-0.05, 0) is 53.1 Å². The fourth-order valence-electron chi connectivity index (χ4n) is 10.4. The number of hydrogen-bond donors (Lipinski definition) is 4. The molecule has 16 heteroatoms. The maximum absolute atomic E-state index is 13.2. The summed E-state index contributed by atoms with van der Waals surface area (Å²) in [5, 5.41) is 37.8. The van der Waals surface area contributed by atoms with Crippen LogP contribution in [-0.4, -0.2) is 170 Å². The Labute approximate surface area is 509 Å². The summed E-state index contributed by atoms with van der Waals surface area (Å²) < 4.78 is 48.3. The first-order valence-corrected chi connectivity index (χ1v) is 30.1. The average molecular weight is 1190 g/mol. The van der Waals surface area contributed by atoms with E-state index in [0.717, 1.165) is 48.2 Å². The van der Waals surface area contributed by atoms with Crippen molar-refractivity contribution < 1.29 is 67.9 Å². The number of nitrogens with zero attached hydrogens (tertiary/aromatic N) is 2. The van der Waals surface area contributed by atoms with Crippen molar-refractivity contribution in [2.24, 2.45) is 11.8 Å². The number of likely N-dealkylation sites (tertiary alicyclic amines) is 2. The first kappa shape index (κ1) is 69.2. The lowest BCUT2D eigenvalue weighted by Gasteiger charge is -2.48. The van der Waals surface area contributed by atoms with E-state index < -0.39 is 42.5 Å². The Morgan fingerprint density at radius 1 is 0.523 bits per heavy atom. The molecular weight excluding hydrogens is 1090 g/mol. The number of carbonyl (C=O) groups excluding carboxylic acids is 2. The molecule has 0 unspecified atom stereocenters. The molecule has 8 rings (SSSR count). The number of piperidine rings is 2. The van der Waals surface area contributed by atoms with Gasteiger partial charge in [-0.3, -0.25) is 14.6 Å². The van der Waals surface area contributed by atoms with Gasteiger partial charge in [-0.25, -0.2) is 0 Å². The molecule has 11 atom stereocenters. The third-order valence-electron chi connectivity index (χ3n) is 15.2. The smallest absolute Gasteiger partial charge is 0.189 e. The minimum Gasteiger partial charge on any atom is -0.395 e. The topological polar surface area (TPSA) is 195 Å². The Hall–Kier alpha value is -5.90. The van der Waals surface area contributed by atoms with Gasteiger partial charge in [0.2, 0.25) is 0 Å². The van der Waals surface area contributed by atoms with Gasteiger partial charge in [-0.15, -0.1) is 0 Å². The van der Waals surface area contributed by atoms with Gasteiger partial charge in [0.25, 0.3) is 0 Å². The van der Waals surface area contributed by atoms with Crippen LogP contribution < -0.4 is 0 Å². The molecule has 466 valence electrons. The molecule has 2 heterocycles. The summed E-state index contributed by atoms with van der Waals surface area (Å²) in [6.07, 6.45) is -4.37. The van der Waals surface area contributed by atoms with Crippen LogP contribution in [0.25, 0.3) is 0 Å². The molecular formula is C70H92N2O14. The highest BCUT2D eigenvalue weighted by atomic mass is 16.6.